The molecule has 0 aromatic heterocycles. The Morgan fingerprint density at radius 2 is 1.92 bits per heavy atom. The van der Waals surface area contributed by atoms with E-state index in [0.29, 0.717) is 5.25 Å². The van der Waals surface area contributed by atoms with Gasteiger partial charge in [-0.2, -0.15) is 11.8 Å². The maximum atomic E-state index is 13.0. The van der Waals surface area contributed by atoms with Crippen LogP contribution in [-0.2, 0) is 9.53 Å². The van der Waals surface area contributed by atoms with Gasteiger partial charge in [0.05, 0.1) is 12.3 Å². The molecular formula is C21H38N2O2S. The zero-order valence-electron chi connectivity index (χ0n) is 16.8. The van der Waals surface area contributed by atoms with E-state index in [0.717, 1.165) is 44.2 Å². The van der Waals surface area contributed by atoms with Crippen molar-refractivity contribution in [2.24, 2.45) is 11.8 Å². The average molecular weight is 383 g/mol. The number of hydrogen-bond donors (Lipinski definition) is 1. The van der Waals surface area contributed by atoms with E-state index in [4.69, 9.17) is 4.74 Å². The van der Waals surface area contributed by atoms with Crippen LogP contribution in [0.25, 0.3) is 0 Å². The van der Waals surface area contributed by atoms with Gasteiger partial charge < -0.3 is 9.64 Å². The molecule has 2 saturated heterocycles. The first-order valence-electron chi connectivity index (χ1n) is 10.9. The summed E-state index contributed by atoms with van der Waals surface area (Å²) in [5.41, 5.74) is 0. The van der Waals surface area contributed by atoms with Gasteiger partial charge in [-0.1, -0.05) is 13.8 Å². The van der Waals surface area contributed by atoms with Crippen molar-refractivity contribution in [1.29, 1.82) is 0 Å². The second-order valence-corrected chi connectivity index (χ2v) is 10.1. The minimum Gasteiger partial charge on any atom is -0.368 e. The molecule has 3 fully saturated rings. The van der Waals surface area contributed by atoms with E-state index < -0.39 is 0 Å². The maximum absolute atomic E-state index is 13.0. The Kier molecular flexibility index (Phi) is 8.13. The van der Waals surface area contributed by atoms with Gasteiger partial charge in [-0.25, -0.2) is 0 Å². The molecule has 2 aliphatic heterocycles. The zero-order chi connectivity index (χ0) is 18.4. The van der Waals surface area contributed by atoms with E-state index in [9.17, 15) is 4.79 Å². The molecule has 26 heavy (non-hydrogen) atoms. The van der Waals surface area contributed by atoms with Gasteiger partial charge in [0.2, 0.25) is 5.91 Å². The summed E-state index contributed by atoms with van der Waals surface area (Å²) in [7, 11) is 0. The average Bonchev–Trinajstić information content (AvgIpc) is 3.18. The van der Waals surface area contributed by atoms with Gasteiger partial charge in [-0.3, -0.25) is 10.1 Å². The lowest BCUT2D eigenvalue weighted by Crippen LogP contribution is -2.53. The number of piperidine rings is 1. The van der Waals surface area contributed by atoms with Crippen LogP contribution in [0.3, 0.4) is 0 Å². The van der Waals surface area contributed by atoms with Crippen molar-refractivity contribution in [1.82, 2.24) is 10.2 Å². The zero-order valence-corrected chi connectivity index (χ0v) is 17.6. The second-order valence-electron chi connectivity index (χ2n) is 8.74. The van der Waals surface area contributed by atoms with Crippen molar-refractivity contribution in [2.45, 2.75) is 89.2 Å². The molecular weight excluding hydrogens is 344 g/mol. The Balaban J connectivity index is 1.48. The summed E-state index contributed by atoms with van der Waals surface area (Å²) in [5, 5.41) is 4.19. The normalized spacial score (nSPS) is 32.7. The monoisotopic (exact) mass is 382 g/mol. The summed E-state index contributed by atoms with van der Waals surface area (Å²) in [6, 6.07) is 0. The topological polar surface area (TPSA) is 41.6 Å². The number of carbonyl (C=O) groups excluding carboxylic acids is 1. The van der Waals surface area contributed by atoms with Crippen molar-refractivity contribution in [3.05, 3.63) is 0 Å². The highest BCUT2D eigenvalue weighted by Crippen LogP contribution is 2.31. The lowest BCUT2D eigenvalue weighted by Gasteiger charge is -2.37. The number of ether oxygens (including phenoxy) is 1. The van der Waals surface area contributed by atoms with E-state index in [1.54, 1.807) is 0 Å². The van der Waals surface area contributed by atoms with Crippen LogP contribution in [0.4, 0.5) is 0 Å². The third-order valence-corrected chi connectivity index (χ3v) is 7.89. The van der Waals surface area contributed by atoms with E-state index in [-0.39, 0.29) is 24.8 Å². The van der Waals surface area contributed by atoms with E-state index in [2.05, 4.69) is 24.1 Å². The highest BCUT2D eigenvalue weighted by atomic mass is 32.2. The van der Waals surface area contributed by atoms with Crippen LogP contribution in [0.15, 0.2) is 0 Å². The van der Waals surface area contributed by atoms with Gasteiger partial charge in [0.1, 0.15) is 6.61 Å². The Hall–Kier alpha value is -0.260. The smallest absolute Gasteiger partial charge is 0.249 e. The Morgan fingerprint density at radius 1 is 1.12 bits per heavy atom. The van der Waals surface area contributed by atoms with E-state index in [1.807, 2.05) is 11.8 Å². The van der Waals surface area contributed by atoms with Crippen molar-refractivity contribution in [3.63, 3.8) is 0 Å². The molecule has 0 aromatic rings. The van der Waals surface area contributed by atoms with Crippen molar-refractivity contribution < 1.29 is 9.53 Å². The van der Waals surface area contributed by atoms with E-state index >= 15 is 0 Å². The number of rotatable bonds is 7. The molecule has 1 saturated carbocycles. The SMILES string of the molecule is CC(C)C1CCC(OCC(=O)N(CC2CCCS2)C2CCCCN2)CC1. The summed E-state index contributed by atoms with van der Waals surface area (Å²) >= 11 is 2.04. The fourth-order valence-corrected chi connectivity index (χ4v) is 5.97. The van der Waals surface area contributed by atoms with Crippen LogP contribution in [-0.4, -0.2) is 53.8 Å². The van der Waals surface area contributed by atoms with Crippen LogP contribution in [0.2, 0.25) is 0 Å². The number of nitrogens with zero attached hydrogens (tertiary/aromatic N) is 1. The highest BCUT2D eigenvalue weighted by molar-refractivity contribution is 8.00. The molecule has 3 aliphatic rings. The molecule has 150 valence electrons. The molecule has 0 bridgehead atoms. The first kappa shape index (κ1) is 20.5. The van der Waals surface area contributed by atoms with E-state index in [1.165, 1.54) is 44.3 Å². The Bertz CT molecular complexity index is 426. The molecule has 3 rings (SSSR count). The Labute approximate surface area is 164 Å². The Morgan fingerprint density at radius 3 is 2.54 bits per heavy atom. The first-order chi connectivity index (χ1) is 12.6. The van der Waals surface area contributed by atoms with Crippen LogP contribution in [0.1, 0.15) is 71.6 Å². The predicted molar refractivity (Wildman–Crippen MR) is 109 cm³/mol. The highest BCUT2D eigenvalue weighted by Gasteiger charge is 2.30. The lowest BCUT2D eigenvalue weighted by atomic mass is 9.80. The summed E-state index contributed by atoms with van der Waals surface area (Å²) < 4.78 is 6.08. The van der Waals surface area contributed by atoms with Crippen LogP contribution in [0, 0.1) is 11.8 Å². The molecule has 0 radical (unpaired) electrons. The second kappa shape index (κ2) is 10.3. The molecule has 2 heterocycles. The van der Waals surface area contributed by atoms with Crippen molar-refractivity contribution in [3.8, 4) is 0 Å². The van der Waals surface area contributed by atoms with Crippen LogP contribution < -0.4 is 5.32 Å². The summed E-state index contributed by atoms with van der Waals surface area (Å²) in [5.74, 6) is 3.06. The summed E-state index contributed by atoms with van der Waals surface area (Å²) in [6.07, 6.45) is 11.3. The van der Waals surface area contributed by atoms with Gasteiger partial charge in [0, 0.05) is 11.8 Å². The number of nitrogens with one attached hydrogen (secondary N) is 1. The summed E-state index contributed by atoms with van der Waals surface area (Å²) in [4.78, 5) is 15.1. The minimum absolute atomic E-state index is 0.197. The predicted octanol–water partition coefficient (Wildman–Crippen LogP) is 4.04. The lowest BCUT2D eigenvalue weighted by molar-refractivity contribution is -0.142. The molecule has 2 atom stereocenters. The van der Waals surface area contributed by atoms with Crippen LogP contribution >= 0.6 is 11.8 Å². The molecule has 1 aliphatic carbocycles. The van der Waals surface area contributed by atoms with Gasteiger partial charge >= 0.3 is 0 Å². The number of amides is 1. The van der Waals surface area contributed by atoms with Gasteiger partial charge in [-0.15, -0.1) is 0 Å². The van der Waals surface area contributed by atoms with Crippen molar-refractivity contribution in [2.75, 3.05) is 25.4 Å². The molecule has 4 nitrogen and oxygen atoms in total. The number of carbonyl (C=O) groups is 1. The molecule has 5 heteroatoms. The van der Waals surface area contributed by atoms with Gasteiger partial charge in [0.25, 0.3) is 0 Å². The molecule has 1 amide bonds. The largest absolute Gasteiger partial charge is 0.368 e. The third-order valence-electron chi connectivity index (χ3n) is 6.51. The fraction of sp³-hybridized carbons (Fsp3) is 0.952. The molecule has 1 N–H and O–H groups in total. The number of hydrogen-bond acceptors (Lipinski definition) is 4. The van der Waals surface area contributed by atoms with Gasteiger partial charge in [0.15, 0.2) is 0 Å². The van der Waals surface area contributed by atoms with Crippen LogP contribution in [0.5, 0.6) is 0 Å². The molecule has 0 aromatic carbocycles. The summed E-state index contributed by atoms with van der Waals surface area (Å²) in [6.45, 7) is 6.85. The first-order valence-corrected chi connectivity index (χ1v) is 11.9. The molecule has 2 unspecified atom stereocenters. The quantitative estimate of drug-likeness (QED) is 0.721. The molecule has 0 spiro atoms. The standard InChI is InChI=1S/C21H38N2O2S/c1-16(2)17-8-10-18(11-9-17)25-15-21(24)23(14-19-6-5-13-26-19)20-7-3-4-12-22-20/h16-20,22H,3-15H2,1-2H3. The van der Waals surface area contributed by atoms with Crippen molar-refractivity contribution >= 4 is 17.7 Å². The third kappa shape index (κ3) is 5.87. The fourth-order valence-electron chi connectivity index (χ4n) is 4.70. The maximum Gasteiger partial charge on any atom is 0.249 e. The number of thioether (sulfide) groups is 1. The minimum atomic E-state index is 0.197. The van der Waals surface area contributed by atoms with Gasteiger partial charge in [-0.05, 0) is 81.9 Å².